The zero-order valence-corrected chi connectivity index (χ0v) is 8.23. The van der Waals surface area contributed by atoms with Crippen LogP contribution in [0.25, 0.3) is 0 Å². The smallest absolute Gasteiger partial charge is 0.329 e. The standard InChI is InChI=1S/C7H13NO3S/c1-5(9)8-6(4-12-3)7(10)11-2/h6H,4H2,1-3H3,(H,8,9)/t6-/m0/s1. The van der Waals surface area contributed by atoms with E-state index in [9.17, 15) is 9.59 Å². The summed E-state index contributed by atoms with van der Waals surface area (Å²) in [6, 6.07) is -0.525. The first-order valence-corrected chi connectivity index (χ1v) is 4.85. The van der Waals surface area contributed by atoms with Crippen LogP contribution in [0.2, 0.25) is 0 Å². The van der Waals surface area contributed by atoms with Gasteiger partial charge in [-0.1, -0.05) is 0 Å². The number of ether oxygens (including phenoxy) is 1. The summed E-state index contributed by atoms with van der Waals surface area (Å²) in [6.07, 6.45) is 1.86. The zero-order valence-electron chi connectivity index (χ0n) is 7.42. The molecule has 0 fully saturated rings. The van der Waals surface area contributed by atoms with Gasteiger partial charge in [-0.15, -0.1) is 0 Å². The van der Waals surface area contributed by atoms with Crippen molar-refractivity contribution in [1.82, 2.24) is 5.32 Å². The van der Waals surface area contributed by atoms with Gasteiger partial charge in [-0.3, -0.25) is 4.79 Å². The van der Waals surface area contributed by atoms with Crippen molar-refractivity contribution in [2.45, 2.75) is 13.0 Å². The molecule has 1 amide bonds. The summed E-state index contributed by atoms with van der Waals surface area (Å²) in [7, 11) is 1.30. The predicted molar refractivity (Wildman–Crippen MR) is 48.0 cm³/mol. The Balaban J connectivity index is 4.02. The molecule has 0 aromatic carbocycles. The summed E-state index contributed by atoms with van der Waals surface area (Å²) in [4.78, 5) is 21.6. The highest BCUT2D eigenvalue weighted by atomic mass is 32.2. The van der Waals surface area contributed by atoms with Crippen molar-refractivity contribution < 1.29 is 14.3 Å². The number of rotatable bonds is 4. The largest absolute Gasteiger partial charge is 0.467 e. The molecule has 0 aromatic heterocycles. The van der Waals surface area contributed by atoms with Crippen molar-refractivity contribution in [3.05, 3.63) is 0 Å². The fraction of sp³-hybridized carbons (Fsp3) is 0.714. The third-order valence-corrected chi connectivity index (χ3v) is 1.86. The molecule has 12 heavy (non-hydrogen) atoms. The SMILES string of the molecule is COC(=O)[C@H](CSC)NC(C)=O. The number of amides is 1. The highest BCUT2D eigenvalue weighted by Gasteiger charge is 2.18. The molecule has 5 heteroatoms. The van der Waals surface area contributed by atoms with Crippen molar-refractivity contribution in [3.8, 4) is 0 Å². The number of carbonyl (C=O) groups excluding carboxylic acids is 2. The van der Waals surface area contributed by atoms with Crippen LogP contribution in [0.4, 0.5) is 0 Å². The molecule has 0 rings (SSSR count). The van der Waals surface area contributed by atoms with Gasteiger partial charge in [0.2, 0.25) is 5.91 Å². The molecule has 0 heterocycles. The molecule has 0 aliphatic carbocycles. The molecule has 0 unspecified atom stereocenters. The van der Waals surface area contributed by atoms with E-state index in [4.69, 9.17) is 0 Å². The molecule has 1 atom stereocenters. The van der Waals surface area contributed by atoms with E-state index >= 15 is 0 Å². The lowest BCUT2D eigenvalue weighted by Gasteiger charge is -2.13. The van der Waals surface area contributed by atoms with Crippen molar-refractivity contribution in [3.63, 3.8) is 0 Å². The van der Waals surface area contributed by atoms with E-state index in [2.05, 4.69) is 10.1 Å². The summed E-state index contributed by atoms with van der Waals surface area (Å²) in [6.45, 7) is 1.37. The number of esters is 1. The van der Waals surface area contributed by atoms with Crippen molar-refractivity contribution in [2.24, 2.45) is 0 Å². The highest BCUT2D eigenvalue weighted by Crippen LogP contribution is 1.98. The molecule has 0 radical (unpaired) electrons. The summed E-state index contributed by atoms with van der Waals surface area (Å²) < 4.78 is 4.50. The van der Waals surface area contributed by atoms with Gasteiger partial charge in [0.15, 0.2) is 0 Å². The fourth-order valence-electron chi connectivity index (χ4n) is 0.723. The molecule has 70 valence electrons. The third kappa shape index (κ3) is 4.23. The van der Waals surface area contributed by atoms with Gasteiger partial charge in [0, 0.05) is 12.7 Å². The molecular formula is C7H13NO3S. The maximum Gasteiger partial charge on any atom is 0.329 e. The third-order valence-electron chi connectivity index (χ3n) is 1.20. The highest BCUT2D eigenvalue weighted by molar-refractivity contribution is 7.98. The van der Waals surface area contributed by atoms with Crippen LogP contribution in [-0.4, -0.2) is 37.0 Å². The van der Waals surface area contributed by atoms with Crippen LogP contribution >= 0.6 is 11.8 Å². The summed E-state index contributed by atoms with van der Waals surface area (Å²) in [5, 5.41) is 2.50. The molecule has 0 saturated carbocycles. The summed E-state index contributed by atoms with van der Waals surface area (Å²) >= 11 is 1.48. The maximum absolute atomic E-state index is 11.0. The average molecular weight is 191 g/mol. The first-order chi connectivity index (χ1) is 5.61. The van der Waals surface area contributed by atoms with Crippen LogP contribution in [0.1, 0.15) is 6.92 Å². The first-order valence-electron chi connectivity index (χ1n) is 3.45. The topological polar surface area (TPSA) is 55.4 Å². The molecule has 0 aromatic rings. The lowest BCUT2D eigenvalue weighted by molar-refractivity contribution is -0.144. The Bertz CT molecular complexity index is 172. The van der Waals surface area contributed by atoms with Crippen molar-refractivity contribution in [1.29, 1.82) is 0 Å². The Kier molecular flexibility index (Phi) is 5.53. The molecule has 0 aliphatic rings. The van der Waals surface area contributed by atoms with Crippen LogP contribution in [-0.2, 0) is 14.3 Å². The van der Waals surface area contributed by atoms with Crippen LogP contribution in [0, 0.1) is 0 Å². The van der Waals surface area contributed by atoms with Crippen LogP contribution in [0.15, 0.2) is 0 Å². The minimum Gasteiger partial charge on any atom is -0.467 e. The second kappa shape index (κ2) is 5.88. The Morgan fingerprint density at radius 1 is 1.58 bits per heavy atom. The van der Waals surface area contributed by atoms with E-state index in [-0.39, 0.29) is 5.91 Å². The Labute approximate surface area is 76.0 Å². The monoisotopic (exact) mass is 191 g/mol. The van der Waals surface area contributed by atoms with E-state index in [1.54, 1.807) is 0 Å². The quantitative estimate of drug-likeness (QED) is 0.637. The molecule has 0 bridgehead atoms. The van der Waals surface area contributed by atoms with Crippen LogP contribution < -0.4 is 5.32 Å². The molecule has 0 aliphatic heterocycles. The van der Waals surface area contributed by atoms with Gasteiger partial charge in [0.1, 0.15) is 6.04 Å². The molecule has 1 N–H and O–H groups in total. The molecule has 4 nitrogen and oxygen atoms in total. The molecule has 0 spiro atoms. The number of carbonyl (C=O) groups is 2. The van der Waals surface area contributed by atoms with Gasteiger partial charge in [0.25, 0.3) is 0 Å². The van der Waals surface area contributed by atoms with Crippen molar-refractivity contribution >= 4 is 23.6 Å². The van der Waals surface area contributed by atoms with E-state index in [0.717, 1.165) is 0 Å². The minimum atomic E-state index is -0.525. The number of nitrogens with one attached hydrogen (secondary N) is 1. The summed E-state index contributed by atoms with van der Waals surface area (Å²) in [5.74, 6) is -0.0919. The van der Waals surface area contributed by atoms with E-state index in [0.29, 0.717) is 5.75 Å². The molecule has 0 saturated heterocycles. The minimum absolute atomic E-state index is 0.223. The van der Waals surface area contributed by atoms with E-state index < -0.39 is 12.0 Å². The lowest BCUT2D eigenvalue weighted by atomic mass is 10.3. The Morgan fingerprint density at radius 2 is 2.17 bits per heavy atom. The first kappa shape index (κ1) is 11.3. The second-order valence-electron chi connectivity index (χ2n) is 2.23. The van der Waals surface area contributed by atoms with E-state index in [1.807, 2.05) is 6.26 Å². The Morgan fingerprint density at radius 3 is 2.50 bits per heavy atom. The van der Waals surface area contributed by atoms with Gasteiger partial charge < -0.3 is 10.1 Å². The molecular weight excluding hydrogens is 178 g/mol. The zero-order chi connectivity index (χ0) is 9.56. The lowest BCUT2D eigenvalue weighted by Crippen LogP contribution is -2.42. The number of hydrogen-bond donors (Lipinski definition) is 1. The predicted octanol–water partition coefficient (Wildman–Crippen LogP) is 0.0271. The van der Waals surface area contributed by atoms with Gasteiger partial charge in [-0.05, 0) is 6.26 Å². The van der Waals surface area contributed by atoms with Gasteiger partial charge >= 0.3 is 5.97 Å². The van der Waals surface area contributed by atoms with Crippen LogP contribution in [0.5, 0.6) is 0 Å². The summed E-state index contributed by atoms with van der Waals surface area (Å²) in [5.41, 5.74) is 0. The Hall–Kier alpha value is -0.710. The number of methoxy groups -OCH3 is 1. The fourth-order valence-corrected chi connectivity index (χ4v) is 1.28. The van der Waals surface area contributed by atoms with E-state index in [1.165, 1.54) is 25.8 Å². The number of hydrogen-bond acceptors (Lipinski definition) is 4. The van der Waals surface area contributed by atoms with Crippen LogP contribution in [0.3, 0.4) is 0 Å². The normalized spacial score (nSPS) is 11.9. The maximum atomic E-state index is 11.0. The number of thioether (sulfide) groups is 1. The van der Waals surface area contributed by atoms with Gasteiger partial charge in [0.05, 0.1) is 7.11 Å². The second-order valence-corrected chi connectivity index (χ2v) is 3.14. The van der Waals surface area contributed by atoms with Crippen molar-refractivity contribution in [2.75, 3.05) is 19.1 Å². The van der Waals surface area contributed by atoms with Gasteiger partial charge in [-0.2, -0.15) is 11.8 Å². The average Bonchev–Trinajstić information content (AvgIpc) is 2.01. The van der Waals surface area contributed by atoms with Gasteiger partial charge in [-0.25, -0.2) is 4.79 Å².